The van der Waals surface area contributed by atoms with Crippen LogP contribution in [0.25, 0.3) is 0 Å². The maximum Gasteiger partial charge on any atom is 0.124 e. The van der Waals surface area contributed by atoms with Crippen molar-refractivity contribution < 1.29 is 4.74 Å². The highest BCUT2D eigenvalue weighted by Gasteiger charge is 2.23. The first-order valence-corrected chi connectivity index (χ1v) is 5.63. The summed E-state index contributed by atoms with van der Waals surface area (Å²) in [4.78, 5) is 0. The van der Waals surface area contributed by atoms with Crippen molar-refractivity contribution in [1.29, 1.82) is 0 Å². The van der Waals surface area contributed by atoms with Crippen molar-refractivity contribution in [3.63, 3.8) is 0 Å². The summed E-state index contributed by atoms with van der Waals surface area (Å²) in [5.74, 6) is 1.72. The molecule has 0 saturated heterocycles. The Balaban J connectivity index is 2.10. The van der Waals surface area contributed by atoms with Gasteiger partial charge in [0.25, 0.3) is 0 Å². The third-order valence-electron chi connectivity index (χ3n) is 2.72. The van der Waals surface area contributed by atoms with E-state index in [-0.39, 0.29) is 0 Å². The molecule has 15 heavy (non-hydrogen) atoms. The molecule has 0 fully saturated rings. The summed E-state index contributed by atoms with van der Waals surface area (Å²) in [6.07, 6.45) is 0. The first kappa shape index (κ1) is 10.5. The van der Waals surface area contributed by atoms with Crippen molar-refractivity contribution in [2.24, 2.45) is 5.92 Å². The van der Waals surface area contributed by atoms with Crippen LogP contribution >= 0.6 is 0 Å². The highest BCUT2D eigenvalue weighted by molar-refractivity contribution is 5.41. The predicted octanol–water partition coefficient (Wildman–Crippen LogP) is 2.67. The molecule has 1 heterocycles. The van der Waals surface area contributed by atoms with Gasteiger partial charge in [-0.3, -0.25) is 0 Å². The van der Waals surface area contributed by atoms with E-state index in [4.69, 9.17) is 4.74 Å². The SMILES string of the molecule is Cc1ccc2c(c1)C(NCC(C)C)CO2. The molecule has 1 aromatic carbocycles. The summed E-state index contributed by atoms with van der Waals surface area (Å²) in [5, 5.41) is 3.54. The fourth-order valence-corrected chi connectivity index (χ4v) is 1.88. The lowest BCUT2D eigenvalue weighted by Crippen LogP contribution is -2.26. The summed E-state index contributed by atoms with van der Waals surface area (Å²) >= 11 is 0. The van der Waals surface area contributed by atoms with E-state index >= 15 is 0 Å². The third-order valence-corrected chi connectivity index (χ3v) is 2.72. The summed E-state index contributed by atoms with van der Waals surface area (Å²) in [6, 6.07) is 6.77. The van der Waals surface area contributed by atoms with E-state index < -0.39 is 0 Å². The summed E-state index contributed by atoms with van der Waals surface area (Å²) in [5.41, 5.74) is 2.62. The first-order valence-electron chi connectivity index (χ1n) is 5.63. The average molecular weight is 205 g/mol. The Morgan fingerprint density at radius 3 is 3.00 bits per heavy atom. The number of fused-ring (bicyclic) bond motifs is 1. The Morgan fingerprint density at radius 2 is 2.27 bits per heavy atom. The Labute approximate surface area is 91.6 Å². The van der Waals surface area contributed by atoms with Gasteiger partial charge in [0.15, 0.2) is 0 Å². The quantitative estimate of drug-likeness (QED) is 0.819. The van der Waals surface area contributed by atoms with Gasteiger partial charge < -0.3 is 10.1 Å². The smallest absolute Gasteiger partial charge is 0.124 e. The fourth-order valence-electron chi connectivity index (χ4n) is 1.88. The molecule has 1 aliphatic heterocycles. The Morgan fingerprint density at radius 1 is 1.47 bits per heavy atom. The van der Waals surface area contributed by atoms with E-state index in [1.807, 2.05) is 0 Å². The molecule has 0 saturated carbocycles. The van der Waals surface area contributed by atoms with Crippen LogP contribution in [0.15, 0.2) is 18.2 Å². The minimum absolute atomic E-state index is 0.377. The van der Waals surface area contributed by atoms with E-state index in [1.165, 1.54) is 11.1 Å². The Kier molecular flexibility index (Phi) is 2.96. The molecule has 0 bridgehead atoms. The standard InChI is InChI=1S/C13H19NO/c1-9(2)7-14-12-8-15-13-5-4-10(3)6-11(12)13/h4-6,9,12,14H,7-8H2,1-3H3. The van der Waals surface area contributed by atoms with Crippen LogP contribution in [0, 0.1) is 12.8 Å². The second kappa shape index (κ2) is 4.23. The van der Waals surface area contributed by atoms with Gasteiger partial charge in [-0.1, -0.05) is 31.5 Å². The molecule has 1 N–H and O–H groups in total. The largest absolute Gasteiger partial charge is 0.491 e. The van der Waals surface area contributed by atoms with Gasteiger partial charge in [0.1, 0.15) is 12.4 Å². The Bertz CT molecular complexity index is 346. The molecule has 0 aromatic heterocycles. The summed E-state index contributed by atoms with van der Waals surface area (Å²) in [7, 11) is 0. The maximum atomic E-state index is 5.64. The highest BCUT2D eigenvalue weighted by Crippen LogP contribution is 2.32. The highest BCUT2D eigenvalue weighted by atomic mass is 16.5. The lowest BCUT2D eigenvalue weighted by molar-refractivity contribution is 0.306. The maximum absolute atomic E-state index is 5.64. The zero-order valence-corrected chi connectivity index (χ0v) is 9.71. The molecule has 0 radical (unpaired) electrons. The van der Waals surface area contributed by atoms with Gasteiger partial charge in [-0.15, -0.1) is 0 Å². The van der Waals surface area contributed by atoms with Crippen molar-refractivity contribution in [2.75, 3.05) is 13.2 Å². The van der Waals surface area contributed by atoms with Crippen molar-refractivity contribution in [3.05, 3.63) is 29.3 Å². The van der Waals surface area contributed by atoms with Crippen LogP contribution < -0.4 is 10.1 Å². The minimum Gasteiger partial charge on any atom is -0.491 e. The van der Waals surface area contributed by atoms with Crippen molar-refractivity contribution in [2.45, 2.75) is 26.8 Å². The number of hydrogen-bond acceptors (Lipinski definition) is 2. The lowest BCUT2D eigenvalue weighted by Gasteiger charge is -2.13. The first-order chi connectivity index (χ1) is 7.16. The molecule has 0 amide bonds. The van der Waals surface area contributed by atoms with E-state index in [1.54, 1.807) is 0 Å². The third kappa shape index (κ3) is 2.32. The van der Waals surface area contributed by atoms with Gasteiger partial charge in [-0.2, -0.15) is 0 Å². The fraction of sp³-hybridized carbons (Fsp3) is 0.538. The molecule has 1 unspecified atom stereocenters. The molecule has 1 aromatic rings. The molecule has 2 nitrogen and oxygen atoms in total. The molecule has 82 valence electrons. The van der Waals surface area contributed by atoms with E-state index in [9.17, 15) is 0 Å². The molecule has 0 spiro atoms. The molecule has 2 heteroatoms. The van der Waals surface area contributed by atoms with Crippen molar-refractivity contribution in [3.8, 4) is 5.75 Å². The van der Waals surface area contributed by atoms with Crippen LogP contribution in [-0.2, 0) is 0 Å². The zero-order valence-electron chi connectivity index (χ0n) is 9.71. The average Bonchev–Trinajstić information content (AvgIpc) is 2.57. The molecule has 2 rings (SSSR count). The van der Waals surface area contributed by atoms with Crippen LogP contribution in [0.5, 0.6) is 5.75 Å². The monoisotopic (exact) mass is 205 g/mol. The number of benzene rings is 1. The van der Waals surface area contributed by atoms with Crippen LogP contribution in [0.3, 0.4) is 0 Å². The minimum atomic E-state index is 0.377. The number of aryl methyl sites for hydroxylation is 1. The number of ether oxygens (including phenoxy) is 1. The van der Waals surface area contributed by atoms with Gasteiger partial charge >= 0.3 is 0 Å². The van der Waals surface area contributed by atoms with Gasteiger partial charge in [-0.05, 0) is 25.5 Å². The zero-order chi connectivity index (χ0) is 10.8. The summed E-state index contributed by atoms with van der Waals surface area (Å²) < 4.78 is 5.64. The number of rotatable bonds is 3. The van der Waals surface area contributed by atoms with E-state index in [2.05, 4.69) is 44.3 Å². The van der Waals surface area contributed by atoms with Crippen LogP contribution in [-0.4, -0.2) is 13.2 Å². The van der Waals surface area contributed by atoms with Crippen LogP contribution in [0.1, 0.15) is 31.0 Å². The van der Waals surface area contributed by atoms with Gasteiger partial charge in [-0.25, -0.2) is 0 Å². The molecule has 0 aliphatic carbocycles. The van der Waals surface area contributed by atoms with Gasteiger partial charge in [0, 0.05) is 5.56 Å². The van der Waals surface area contributed by atoms with Gasteiger partial charge in [0.05, 0.1) is 6.04 Å². The van der Waals surface area contributed by atoms with Crippen molar-refractivity contribution in [1.82, 2.24) is 5.32 Å². The molecular weight excluding hydrogens is 186 g/mol. The second-order valence-corrected chi connectivity index (χ2v) is 4.71. The predicted molar refractivity (Wildman–Crippen MR) is 62.3 cm³/mol. The second-order valence-electron chi connectivity index (χ2n) is 4.71. The van der Waals surface area contributed by atoms with E-state index in [0.29, 0.717) is 12.0 Å². The number of hydrogen-bond donors (Lipinski definition) is 1. The molecule has 1 aliphatic rings. The topological polar surface area (TPSA) is 21.3 Å². The summed E-state index contributed by atoms with van der Waals surface area (Å²) in [6.45, 7) is 8.38. The van der Waals surface area contributed by atoms with Crippen LogP contribution in [0.4, 0.5) is 0 Å². The normalized spacial score (nSPS) is 19.1. The van der Waals surface area contributed by atoms with Crippen molar-refractivity contribution >= 4 is 0 Å². The Hall–Kier alpha value is -1.02. The molecular formula is C13H19NO. The number of nitrogens with one attached hydrogen (secondary N) is 1. The van der Waals surface area contributed by atoms with Crippen LogP contribution in [0.2, 0.25) is 0 Å². The van der Waals surface area contributed by atoms with Gasteiger partial charge in [0.2, 0.25) is 0 Å². The lowest BCUT2D eigenvalue weighted by atomic mass is 10.1. The molecule has 1 atom stereocenters. The van der Waals surface area contributed by atoms with E-state index in [0.717, 1.165) is 18.9 Å².